The number of hydrogen-bond donors (Lipinski definition) is 1. The highest BCUT2D eigenvalue weighted by Crippen LogP contribution is 2.33. The number of carbonyl (C=O) groups excluding carboxylic acids is 2. The van der Waals surface area contributed by atoms with Crippen LogP contribution in [0.25, 0.3) is 0 Å². The molecule has 0 bridgehead atoms. The molecule has 3 aromatic rings. The monoisotopic (exact) mass is 509 g/mol. The number of nitrogens with one attached hydrogen (secondary N) is 1. The minimum Gasteiger partial charge on any atom is -0.495 e. The molecule has 3 rings (SSSR count). The molecule has 3 aromatic carbocycles. The van der Waals surface area contributed by atoms with Crippen LogP contribution in [0.1, 0.15) is 23.6 Å². The molecular weight excluding hydrogens is 482 g/mol. The van der Waals surface area contributed by atoms with Gasteiger partial charge in [-0.1, -0.05) is 23.8 Å². The number of esters is 1. The van der Waals surface area contributed by atoms with Crippen LogP contribution < -0.4 is 19.2 Å². The molecule has 0 aromatic heterocycles. The van der Waals surface area contributed by atoms with Crippen molar-refractivity contribution in [3.63, 3.8) is 0 Å². The van der Waals surface area contributed by atoms with Gasteiger partial charge in [-0.05, 0) is 73.5 Å². The van der Waals surface area contributed by atoms with Gasteiger partial charge < -0.3 is 9.47 Å². The second-order valence-electron chi connectivity index (χ2n) is 7.96. The van der Waals surface area contributed by atoms with E-state index in [0.29, 0.717) is 17.1 Å². The van der Waals surface area contributed by atoms with E-state index in [1.54, 1.807) is 54.6 Å². The molecule has 0 aliphatic heterocycles. The highest BCUT2D eigenvalue weighted by Gasteiger charge is 2.29. The Morgan fingerprint density at radius 2 is 1.61 bits per heavy atom. The Hall–Kier alpha value is -4.18. The number of sulfonamides is 1. The van der Waals surface area contributed by atoms with Crippen LogP contribution in [-0.2, 0) is 19.6 Å². The number of rotatable bonds is 9. The molecule has 0 heterocycles. The Bertz CT molecular complexity index is 1370. The number of hydrogen-bond acceptors (Lipinski definition) is 7. The second kappa shape index (κ2) is 11.5. The van der Waals surface area contributed by atoms with Crippen LogP contribution in [0.4, 0.5) is 5.69 Å². The fourth-order valence-corrected chi connectivity index (χ4v) is 4.69. The van der Waals surface area contributed by atoms with Crippen molar-refractivity contribution in [1.82, 2.24) is 5.43 Å². The number of aryl methyl sites for hydroxylation is 2. The van der Waals surface area contributed by atoms with Crippen LogP contribution in [0, 0.1) is 13.8 Å². The third-order valence-electron chi connectivity index (χ3n) is 5.04. The van der Waals surface area contributed by atoms with Crippen LogP contribution in [0.15, 0.2) is 76.7 Å². The quantitative estimate of drug-likeness (QED) is 0.204. The van der Waals surface area contributed by atoms with E-state index in [2.05, 4.69) is 10.5 Å². The predicted molar refractivity (Wildman–Crippen MR) is 137 cm³/mol. The maximum absolute atomic E-state index is 13.6. The average Bonchev–Trinajstić information content (AvgIpc) is 2.83. The maximum Gasteiger partial charge on any atom is 0.308 e. The van der Waals surface area contributed by atoms with Gasteiger partial charge in [-0.25, -0.2) is 13.8 Å². The fraction of sp³-hybridized carbons (Fsp3) is 0.192. The van der Waals surface area contributed by atoms with Crippen molar-refractivity contribution in [3.8, 4) is 11.5 Å². The summed E-state index contributed by atoms with van der Waals surface area (Å²) in [7, 11) is -2.68. The Labute approximate surface area is 210 Å². The van der Waals surface area contributed by atoms with Crippen LogP contribution in [0.2, 0.25) is 0 Å². The number of hydrazone groups is 1. The van der Waals surface area contributed by atoms with Crippen LogP contribution in [0.5, 0.6) is 11.5 Å². The van der Waals surface area contributed by atoms with Crippen molar-refractivity contribution in [2.75, 3.05) is 18.0 Å². The van der Waals surface area contributed by atoms with E-state index >= 15 is 0 Å². The average molecular weight is 510 g/mol. The number of methoxy groups -OCH3 is 1. The molecule has 0 spiro atoms. The first-order valence-corrected chi connectivity index (χ1v) is 12.4. The summed E-state index contributed by atoms with van der Waals surface area (Å²) in [5, 5.41) is 3.92. The molecule has 0 radical (unpaired) electrons. The van der Waals surface area contributed by atoms with Gasteiger partial charge in [-0.3, -0.25) is 13.9 Å². The van der Waals surface area contributed by atoms with E-state index in [1.165, 1.54) is 32.4 Å². The molecule has 0 saturated heterocycles. The van der Waals surface area contributed by atoms with Crippen LogP contribution >= 0.6 is 0 Å². The SMILES string of the molecule is COc1ccc(C)cc1N(CC(=O)N/N=C\c1ccc(OC(C)=O)cc1)S(=O)(=O)c1ccc(C)cc1. The summed E-state index contributed by atoms with van der Waals surface area (Å²) in [4.78, 5) is 23.8. The summed E-state index contributed by atoms with van der Waals surface area (Å²) in [5.41, 5.74) is 4.93. The lowest BCUT2D eigenvalue weighted by atomic mass is 10.2. The molecule has 188 valence electrons. The molecule has 0 aliphatic rings. The summed E-state index contributed by atoms with van der Waals surface area (Å²) in [5.74, 6) is -0.394. The fourth-order valence-electron chi connectivity index (χ4n) is 3.26. The van der Waals surface area contributed by atoms with Gasteiger partial charge in [0.15, 0.2) is 0 Å². The Balaban J connectivity index is 1.84. The first-order chi connectivity index (χ1) is 17.1. The Morgan fingerprint density at radius 1 is 0.972 bits per heavy atom. The van der Waals surface area contributed by atoms with E-state index in [-0.39, 0.29) is 10.6 Å². The molecule has 0 atom stereocenters. The summed E-state index contributed by atoms with van der Waals surface area (Å²) in [6, 6.07) is 17.9. The maximum atomic E-state index is 13.6. The summed E-state index contributed by atoms with van der Waals surface area (Å²) in [6.07, 6.45) is 1.39. The lowest BCUT2D eigenvalue weighted by Crippen LogP contribution is -2.39. The number of nitrogens with zero attached hydrogens (tertiary/aromatic N) is 2. The molecular formula is C26H27N3O6S. The molecule has 10 heteroatoms. The minimum absolute atomic E-state index is 0.0424. The highest BCUT2D eigenvalue weighted by molar-refractivity contribution is 7.92. The zero-order valence-electron chi connectivity index (χ0n) is 20.4. The molecule has 0 saturated carbocycles. The van der Waals surface area contributed by atoms with Gasteiger partial charge in [0, 0.05) is 6.92 Å². The lowest BCUT2D eigenvalue weighted by Gasteiger charge is -2.25. The summed E-state index contributed by atoms with van der Waals surface area (Å²) >= 11 is 0. The second-order valence-corrected chi connectivity index (χ2v) is 9.82. The highest BCUT2D eigenvalue weighted by atomic mass is 32.2. The van der Waals surface area contributed by atoms with Crippen molar-refractivity contribution < 1.29 is 27.5 Å². The van der Waals surface area contributed by atoms with Crippen molar-refractivity contribution in [3.05, 3.63) is 83.4 Å². The van der Waals surface area contributed by atoms with Crippen molar-refractivity contribution >= 4 is 33.8 Å². The largest absolute Gasteiger partial charge is 0.495 e. The topological polar surface area (TPSA) is 114 Å². The number of ether oxygens (including phenoxy) is 2. The van der Waals surface area contributed by atoms with Crippen molar-refractivity contribution in [1.29, 1.82) is 0 Å². The van der Waals surface area contributed by atoms with Crippen molar-refractivity contribution in [2.24, 2.45) is 5.10 Å². The summed E-state index contributed by atoms with van der Waals surface area (Å²) < 4.78 is 38.5. The molecule has 36 heavy (non-hydrogen) atoms. The number of amides is 1. The predicted octanol–water partition coefficient (Wildman–Crippen LogP) is 3.58. The van der Waals surface area contributed by atoms with Gasteiger partial charge in [0.25, 0.3) is 15.9 Å². The molecule has 1 N–H and O–H groups in total. The van der Waals surface area contributed by atoms with E-state index in [0.717, 1.165) is 15.4 Å². The molecule has 1 amide bonds. The van der Waals surface area contributed by atoms with Gasteiger partial charge in [0.2, 0.25) is 0 Å². The number of anilines is 1. The van der Waals surface area contributed by atoms with Crippen LogP contribution in [-0.4, -0.2) is 40.2 Å². The third kappa shape index (κ3) is 6.70. The lowest BCUT2D eigenvalue weighted by molar-refractivity contribution is -0.131. The van der Waals surface area contributed by atoms with E-state index in [1.807, 2.05) is 13.8 Å². The smallest absolute Gasteiger partial charge is 0.308 e. The standard InChI is InChI=1S/C26H27N3O6S/c1-18-5-12-23(13-6-18)36(32,33)29(24-15-19(2)7-14-25(24)34-4)17-26(31)28-27-16-21-8-10-22(11-9-21)35-20(3)30/h5-16H,17H2,1-4H3,(H,28,31)/b27-16-. The molecule has 0 aliphatic carbocycles. The minimum atomic E-state index is -4.11. The van der Waals surface area contributed by atoms with Gasteiger partial charge in [-0.15, -0.1) is 0 Å². The zero-order chi connectivity index (χ0) is 26.3. The number of carbonyl (C=O) groups is 2. The van der Waals surface area contributed by atoms with Gasteiger partial charge in [0.1, 0.15) is 18.0 Å². The summed E-state index contributed by atoms with van der Waals surface area (Å²) in [6.45, 7) is 4.45. The molecule has 9 nitrogen and oxygen atoms in total. The number of benzene rings is 3. The van der Waals surface area contributed by atoms with Crippen molar-refractivity contribution in [2.45, 2.75) is 25.7 Å². The first-order valence-electron chi connectivity index (χ1n) is 10.9. The zero-order valence-corrected chi connectivity index (χ0v) is 21.2. The van der Waals surface area contributed by atoms with Gasteiger partial charge >= 0.3 is 5.97 Å². The molecule has 0 unspecified atom stereocenters. The van der Waals surface area contributed by atoms with E-state index in [9.17, 15) is 18.0 Å². The normalized spacial score (nSPS) is 11.2. The van der Waals surface area contributed by atoms with Crippen LogP contribution in [0.3, 0.4) is 0 Å². The van der Waals surface area contributed by atoms with Gasteiger partial charge in [0.05, 0.1) is 23.9 Å². The Kier molecular flexibility index (Phi) is 8.44. The first kappa shape index (κ1) is 26.4. The van der Waals surface area contributed by atoms with E-state index in [4.69, 9.17) is 9.47 Å². The molecule has 0 fully saturated rings. The van der Waals surface area contributed by atoms with Gasteiger partial charge in [-0.2, -0.15) is 5.10 Å². The third-order valence-corrected chi connectivity index (χ3v) is 6.82. The van der Waals surface area contributed by atoms with E-state index < -0.39 is 28.4 Å². The Morgan fingerprint density at radius 3 is 2.22 bits per heavy atom.